The molecule has 0 spiro atoms. The van der Waals surface area contributed by atoms with E-state index in [0.29, 0.717) is 41.3 Å². The first-order valence-corrected chi connectivity index (χ1v) is 10.1. The van der Waals surface area contributed by atoms with E-state index in [4.69, 9.17) is 11.6 Å². The summed E-state index contributed by atoms with van der Waals surface area (Å²) in [6.45, 7) is 3.17. The van der Waals surface area contributed by atoms with Crippen molar-refractivity contribution >= 4 is 35.0 Å². The second-order valence-corrected chi connectivity index (χ2v) is 7.42. The topological polar surface area (TPSA) is 78.5 Å². The normalized spacial score (nSPS) is 15.8. The third-order valence-electron chi connectivity index (χ3n) is 4.86. The molecule has 1 atom stereocenters. The summed E-state index contributed by atoms with van der Waals surface area (Å²) in [7, 11) is 0. The zero-order chi connectivity index (χ0) is 20.8. The highest BCUT2D eigenvalue weighted by atomic mass is 35.5. The molecule has 0 radical (unpaired) electrons. The number of halogens is 1. The molecule has 0 bridgehead atoms. The van der Waals surface area contributed by atoms with E-state index >= 15 is 0 Å². The Morgan fingerprint density at radius 1 is 1.03 bits per heavy atom. The zero-order valence-corrected chi connectivity index (χ0v) is 17.0. The number of nitrogens with zero attached hydrogens (tertiary/aromatic N) is 1. The Kier molecular flexibility index (Phi) is 6.88. The van der Waals surface area contributed by atoms with Crippen molar-refractivity contribution in [3.8, 4) is 0 Å². The van der Waals surface area contributed by atoms with Gasteiger partial charge in [-0.25, -0.2) is 0 Å². The summed E-state index contributed by atoms with van der Waals surface area (Å²) >= 11 is 5.84. The molecule has 0 unspecified atom stereocenters. The number of nitrogens with one attached hydrogen (secondary N) is 2. The molecule has 152 valence electrons. The molecule has 1 aliphatic rings. The van der Waals surface area contributed by atoms with Crippen molar-refractivity contribution < 1.29 is 14.4 Å². The van der Waals surface area contributed by atoms with Gasteiger partial charge in [-0.1, -0.05) is 18.5 Å². The fourth-order valence-electron chi connectivity index (χ4n) is 3.31. The number of benzene rings is 2. The lowest BCUT2D eigenvalue weighted by Crippen LogP contribution is -2.46. The van der Waals surface area contributed by atoms with Crippen LogP contribution >= 0.6 is 11.6 Å². The minimum atomic E-state index is -0.418. The lowest BCUT2D eigenvalue weighted by Gasteiger charge is -2.24. The van der Waals surface area contributed by atoms with Crippen LogP contribution in [0.4, 0.5) is 5.69 Å². The van der Waals surface area contributed by atoms with Crippen LogP contribution in [0.2, 0.25) is 5.02 Å². The maximum Gasteiger partial charge on any atom is 0.255 e. The molecule has 29 heavy (non-hydrogen) atoms. The Morgan fingerprint density at radius 3 is 2.34 bits per heavy atom. The molecular weight excluding hydrogens is 390 g/mol. The number of likely N-dealkylation sites (tertiary alicyclic amines) is 1. The average molecular weight is 414 g/mol. The highest BCUT2D eigenvalue weighted by Crippen LogP contribution is 2.21. The summed E-state index contributed by atoms with van der Waals surface area (Å²) in [6.07, 6.45) is 2.34. The van der Waals surface area contributed by atoms with Crippen molar-refractivity contribution in [3.05, 3.63) is 64.7 Å². The standard InChI is InChI=1S/C22H24ClN3O3/c1-2-13-24-21(28)19-4-3-14-26(19)22(29)16-7-11-18(12-8-16)25-20(27)15-5-9-17(23)10-6-15/h5-12,19H,2-4,13-14H2,1H3,(H,24,28)(H,25,27)/t19-/m0/s1. The average Bonchev–Trinajstić information content (AvgIpc) is 3.22. The van der Waals surface area contributed by atoms with Crippen molar-refractivity contribution in [2.45, 2.75) is 32.2 Å². The molecule has 3 amide bonds. The molecule has 1 aliphatic heterocycles. The lowest BCUT2D eigenvalue weighted by atomic mass is 10.1. The highest BCUT2D eigenvalue weighted by molar-refractivity contribution is 6.30. The van der Waals surface area contributed by atoms with Crippen LogP contribution in [-0.2, 0) is 4.79 Å². The number of rotatable bonds is 6. The first-order chi connectivity index (χ1) is 14.0. The molecule has 1 saturated heterocycles. The maximum absolute atomic E-state index is 12.9. The minimum absolute atomic E-state index is 0.0930. The molecule has 1 fully saturated rings. The summed E-state index contributed by atoms with van der Waals surface area (Å²) in [5, 5.41) is 6.23. The molecule has 0 aliphatic carbocycles. The summed E-state index contributed by atoms with van der Waals surface area (Å²) in [5.41, 5.74) is 1.57. The number of amides is 3. The first kappa shape index (κ1) is 20.9. The number of hydrogen-bond acceptors (Lipinski definition) is 3. The SMILES string of the molecule is CCCNC(=O)[C@@H]1CCCN1C(=O)c1ccc(NC(=O)c2ccc(Cl)cc2)cc1. The van der Waals surface area contributed by atoms with Gasteiger partial charge in [0.25, 0.3) is 11.8 Å². The predicted octanol–water partition coefficient (Wildman–Crippen LogP) is 3.72. The van der Waals surface area contributed by atoms with Crippen LogP contribution in [0.1, 0.15) is 46.9 Å². The van der Waals surface area contributed by atoms with Crippen LogP contribution in [0.5, 0.6) is 0 Å². The van der Waals surface area contributed by atoms with E-state index < -0.39 is 6.04 Å². The van der Waals surface area contributed by atoms with E-state index in [9.17, 15) is 14.4 Å². The Bertz CT molecular complexity index is 881. The van der Waals surface area contributed by atoms with Crippen LogP contribution in [0.15, 0.2) is 48.5 Å². The number of hydrogen-bond donors (Lipinski definition) is 2. The highest BCUT2D eigenvalue weighted by Gasteiger charge is 2.34. The Balaban J connectivity index is 1.64. The summed E-state index contributed by atoms with van der Waals surface area (Å²) in [6, 6.07) is 12.9. The van der Waals surface area contributed by atoms with Gasteiger partial charge in [0.2, 0.25) is 5.91 Å². The van der Waals surface area contributed by atoms with Gasteiger partial charge in [-0.2, -0.15) is 0 Å². The van der Waals surface area contributed by atoms with Gasteiger partial charge in [-0.15, -0.1) is 0 Å². The first-order valence-electron chi connectivity index (χ1n) is 9.75. The minimum Gasteiger partial charge on any atom is -0.354 e. The van der Waals surface area contributed by atoms with E-state index in [1.807, 2.05) is 6.92 Å². The van der Waals surface area contributed by atoms with E-state index in [2.05, 4.69) is 10.6 Å². The number of anilines is 1. The van der Waals surface area contributed by atoms with Crippen LogP contribution < -0.4 is 10.6 Å². The van der Waals surface area contributed by atoms with E-state index in [-0.39, 0.29) is 17.7 Å². The van der Waals surface area contributed by atoms with Crippen LogP contribution in [-0.4, -0.2) is 41.8 Å². The second kappa shape index (κ2) is 9.56. The Morgan fingerprint density at radius 2 is 1.69 bits per heavy atom. The number of carbonyl (C=O) groups is 3. The molecule has 7 heteroatoms. The molecule has 3 rings (SSSR count). The van der Waals surface area contributed by atoms with Crippen molar-refractivity contribution in [1.82, 2.24) is 10.2 Å². The predicted molar refractivity (Wildman–Crippen MR) is 113 cm³/mol. The zero-order valence-electron chi connectivity index (χ0n) is 16.3. The summed E-state index contributed by atoms with van der Waals surface area (Å²) in [5.74, 6) is -0.521. The molecule has 0 saturated carbocycles. The molecule has 2 aromatic rings. The quantitative estimate of drug-likeness (QED) is 0.757. The molecule has 6 nitrogen and oxygen atoms in total. The fraction of sp³-hybridized carbons (Fsp3) is 0.318. The number of carbonyl (C=O) groups excluding carboxylic acids is 3. The Hall–Kier alpha value is -2.86. The van der Waals surface area contributed by atoms with Gasteiger partial charge < -0.3 is 15.5 Å². The third-order valence-corrected chi connectivity index (χ3v) is 5.11. The van der Waals surface area contributed by atoms with Crippen LogP contribution in [0.3, 0.4) is 0 Å². The lowest BCUT2D eigenvalue weighted by molar-refractivity contribution is -0.124. The largest absolute Gasteiger partial charge is 0.354 e. The second-order valence-electron chi connectivity index (χ2n) is 6.99. The van der Waals surface area contributed by atoms with Gasteiger partial charge in [0, 0.05) is 34.9 Å². The summed E-state index contributed by atoms with van der Waals surface area (Å²) in [4.78, 5) is 39.1. The van der Waals surface area contributed by atoms with E-state index in [1.165, 1.54) is 0 Å². The maximum atomic E-state index is 12.9. The van der Waals surface area contributed by atoms with E-state index in [0.717, 1.165) is 12.8 Å². The fourth-order valence-corrected chi connectivity index (χ4v) is 3.44. The van der Waals surface area contributed by atoms with Crippen molar-refractivity contribution in [3.63, 3.8) is 0 Å². The molecule has 0 aromatic heterocycles. The van der Waals surface area contributed by atoms with Crippen molar-refractivity contribution in [1.29, 1.82) is 0 Å². The van der Waals surface area contributed by atoms with Crippen molar-refractivity contribution in [2.75, 3.05) is 18.4 Å². The molecular formula is C22H24ClN3O3. The van der Waals surface area contributed by atoms with Gasteiger partial charge in [0.05, 0.1) is 0 Å². The van der Waals surface area contributed by atoms with Crippen LogP contribution in [0.25, 0.3) is 0 Å². The van der Waals surface area contributed by atoms with Gasteiger partial charge in [-0.3, -0.25) is 14.4 Å². The third kappa shape index (κ3) is 5.15. The molecule has 2 N–H and O–H groups in total. The van der Waals surface area contributed by atoms with Gasteiger partial charge >= 0.3 is 0 Å². The Labute approximate surface area is 175 Å². The monoisotopic (exact) mass is 413 g/mol. The van der Waals surface area contributed by atoms with E-state index in [1.54, 1.807) is 53.4 Å². The van der Waals surface area contributed by atoms with Gasteiger partial charge in [0.15, 0.2) is 0 Å². The smallest absolute Gasteiger partial charge is 0.255 e. The van der Waals surface area contributed by atoms with Gasteiger partial charge in [0.1, 0.15) is 6.04 Å². The molecule has 1 heterocycles. The van der Waals surface area contributed by atoms with Crippen molar-refractivity contribution in [2.24, 2.45) is 0 Å². The molecule has 2 aromatic carbocycles. The van der Waals surface area contributed by atoms with Crippen LogP contribution in [0, 0.1) is 0 Å². The van der Waals surface area contributed by atoms with Gasteiger partial charge in [-0.05, 0) is 67.8 Å². The summed E-state index contributed by atoms with van der Waals surface area (Å²) < 4.78 is 0.